The number of rotatable bonds is 5. The van der Waals surface area contributed by atoms with Crippen molar-refractivity contribution in [1.29, 1.82) is 0 Å². The summed E-state index contributed by atoms with van der Waals surface area (Å²) in [7, 11) is 1.96. The van der Waals surface area contributed by atoms with Gasteiger partial charge in [-0.05, 0) is 38.8 Å². The molecule has 1 N–H and O–H groups in total. The SMILES string of the molecule is CNC(C)c1cccnc1OCC1CCCC1. The lowest BCUT2D eigenvalue weighted by Crippen LogP contribution is -2.16. The molecular formula is C14H22N2O. The summed E-state index contributed by atoms with van der Waals surface area (Å²) in [5.74, 6) is 1.52. The predicted molar refractivity (Wildman–Crippen MR) is 69.2 cm³/mol. The number of aromatic nitrogens is 1. The van der Waals surface area contributed by atoms with E-state index in [9.17, 15) is 0 Å². The van der Waals surface area contributed by atoms with E-state index in [4.69, 9.17) is 4.74 Å². The second-order valence-corrected chi connectivity index (χ2v) is 4.87. The Kier molecular flexibility index (Phi) is 4.37. The molecule has 2 rings (SSSR count). The molecular weight excluding hydrogens is 212 g/mol. The van der Waals surface area contributed by atoms with Crippen LogP contribution >= 0.6 is 0 Å². The van der Waals surface area contributed by atoms with Crippen molar-refractivity contribution in [3.05, 3.63) is 23.9 Å². The first-order valence-electron chi connectivity index (χ1n) is 6.56. The van der Waals surface area contributed by atoms with E-state index in [1.807, 2.05) is 13.1 Å². The molecule has 1 aromatic heterocycles. The number of ether oxygens (including phenoxy) is 1. The zero-order valence-corrected chi connectivity index (χ0v) is 10.8. The van der Waals surface area contributed by atoms with Crippen LogP contribution in [0, 0.1) is 5.92 Å². The quantitative estimate of drug-likeness (QED) is 0.850. The fourth-order valence-electron chi connectivity index (χ4n) is 2.38. The molecule has 1 unspecified atom stereocenters. The molecule has 0 aliphatic heterocycles. The van der Waals surface area contributed by atoms with Crippen LogP contribution in [0.2, 0.25) is 0 Å². The highest BCUT2D eigenvalue weighted by molar-refractivity contribution is 5.28. The standard InChI is InChI=1S/C14H22N2O/c1-11(15-2)13-8-5-9-16-14(13)17-10-12-6-3-4-7-12/h5,8-9,11-12,15H,3-4,6-7,10H2,1-2H3. The number of hydrogen-bond acceptors (Lipinski definition) is 3. The molecule has 1 aliphatic carbocycles. The van der Waals surface area contributed by atoms with Crippen LogP contribution in [0.15, 0.2) is 18.3 Å². The molecule has 3 heteroatoms. The van der Waals surface area contributed by atoms with E-state index in [2.05, 4.69) is 23.3 Å². The van der Waals surface area contributed by atoms with E-state index in [1.165, 1.54) is 25.7 Å². The minimum absolute atomic E-state index is 0.280. The van der Waals surface area contributed by atoms with Gasteiger partial charge >= 0.3 is 0 Å². The number of pyridine rings is 1. The molecule has 1 atom stereocenters. The van der Waals surface area contributed by atoms with E-state index < -0.39 is 0 Å². The van der Waals surface area contributed by atoms with Gasteiger partial charge in [0.1, 0.15) is 0 Å². The second kappa shape index (κ2) is 6.01. The average molecular weight is 234 g/mol. The van der Waals surface area contributed by atoms with Gasteiger partial charge in [0.05, 0.1) is 6.61 Å². The first-order chi connectivity index (χ1) is 8.31. The second-order valence-electron chi connectivity index (χ2n) is 4.87. The van der Waals surface area contributed by atoms with Gasteiger partial charge in [0, 0.05) is 17.8 Å². The Morgan fingerprint density at radius 1 is 1.47 bits per heavy atom. The summed E-state index contributed by atoms with van der Waals surface area (Å²) in [6.45, 7) is 2.94. The maximum absolute atomic E-state index is 5.89. The van der Waals surface area contributed by atoms with Gasteiger partial charge in [-0.1, -0.05) is 18.9 Å². The third kappa shape index (κ3) is 3.19. The summed E-state index contributed by atoms with van der Waals surface area (Å²) in [6.07, 6.45) is 7.13. The summed E-state index contributed by atoms with van der Waals surface area (Å²) < 4.78 is 5.89. The number of nitrogens with zero attached hydrogens (tertiary/aromatic N) is 1. The average Bonchev–Trinajstić information content (AvgIpc) is 2.89. The van der Waals surface area contributed by atoms with Crippen molar-refractivity contribution in [1.82, 2.24) is 10.3 Å². The molecule has 0 saturated heterocycles. The van der Waals surface area contributed by atoms with Crippen LogP contribution in [0.4, 0.5) is 0 Å². The van der Waals surface area contributed by atoms with Crippen molar-refractivity contribution >= 4 is 0 Å². The van der Waals surface area contributed by atoms with Crippen molar-refractivity contribution in [2.45, 2.75) is 38.6 Å². The maximum Gasteiger partial charge on any atom is 0.218 e. The van der Waals surface area contributed by atoms with E-state index in [0.29, 0.717) is 0 Å². The van der Waals surface area contributed by atoms with E-state index in [1.54, 1.807) is 6.20 Å². The third-order valence-electron chi connectivity index (χ3n) is 3.63. The van der Waals surface area contributed by atoms with Crippen LogP contribution < -0.4 is 10.1 Å². The molecule has 0 radical (unpaired) electrons. The fourth-order valence-corrected chi connectivity index (χ4v) is 2.38. The maximum atomic E-state index is 5.89. The van der Waals surface area contributed by atoms with Gasteiger partial charge in [0.25, 0.3) is 0 Å². The minimum atomic E-state index is 0.280. The topological polar surface area (TPSA) is 34.2 Å². The van der Waals surface area contributed by atoms with Crippen LogP contribution in [-0.2, 0) is 0 Å². The molecule has 0 spiro atoms. The monoisotopic (exact) mass is 234 g/mol. The normalized spacial score (nSPS) is 18.2. The van der Waals surface area contributed by atoms with E-state index in [0.717, 1.165) is 24.0 Å². The van der Waals surface area contributed by atoms with Crippen molar-refractivity contribution in [3.8, 4) is 5.88 Å². The van der Waals surface area contributed by atoms with Crippen LogP contribution in [-0.4, -0.2) is 18.6 Å². The third-order valence-corrected chi connectivity index (χ3v) is 3.63. The molecule has 1 heterocycles. The van der Waals surface area contributed by atoms with E-state index >= 15 is 0 Å². The summed E-state index contributed by atoms with van der Waals surface area (Å²) in [5, 5.41) is 3.23. The van der Waals surface area contributed by atoms with Gasteiger partial charge in [0.2, 0.25) is 5.88 Å². The van der Waals surface area contributed by atoms with Crippen LogP contribution in [0.1, 0.15) is 44.2 Å². The summed E-state index contributed by atoms with van der Waals surface area (Å²) in [5.41, 5.74) is 1.15. The Hall–Kier alpha value is -1.09. The van der Waals surface area contributed by atoms with Gasteiger partial charge in [-0.3, -0.25) is 0 Å². The summed E-state index contributed by atoms with van der Waals surface area (Å²) >= 11 is 0. The molecule has 1 fully saturated rings. The van der Waals surface area contributed by atoms with Crippen molar-refractivity contribution in [2.24, 2.45) is 5.92 Å². The highest BCUT2D eigenvalue weighted by atomic mass is 16.5. The lowest BCUT2D eigenvalue weighted by molar-refractivity contribution is 0.239. The van der Waals surface area contributed by atoms with Gasteiger partial charge in [-0.15, -0.1) is 0 Å². The molecule has 3 nitrogen and oxygen atoms in total. The fraction of sp³-hybridized carbons (Fsp3) is 0.643. The van der Waals surface area contributed by atoms with Crippen molar-refractivity contribution < 1.29 is 4.74 Å². The van der Waals surface area contributed by atoms with Gasteiger partial charge in [0.15, 0.2) is 0 Å². The minimum Gasteiger partial charge on any atom is -0.477 e. The summed E-state index contributed by atoms with van der Waals surface area (Å²) in [4.78, 5) is 4.35. The summed E-state index contributed by atoms with van der Waals surface area (Å²) in [6, 6.07) is 4.33. The van der Waals surface area contributed by atoms with Crippen molar-refractivity contribution in [2.75, 3.05) is 13.7 Å². The predicted octanol–water partition coefficient (Wildman–Crippen LogP) is 2.93. The molecule has 94 valence electrons. The van der Waals surface area contributed by atoms with Crippen LogP contribution in [0.25, 0.3) is 0 Å². The molecule has 1 aliphatic rings. The Morgan fingerprint density at radius 2 is 2.24 bits per heavy atom. The molecule has 17 heavy (non-hydrogen) atoms. The zero-order chi connectivity index (χ0) is 12.1. The highest BCUT2D eigenvalue weighted by Gasteiger charge is 2.17. The number of hydrogen-bond donors (Lipinski definition) is 1. The molecule has 0 aromatic carbocycles. The van der Waals surface area contributed by atoms with Crippen LogP contribution in [0.5, 0.6) is 5.88 Å². The first kappa shape index (κ1) is 12.4. The molecule has 0 amide bonds. The molecule has 0 bridgehead atoms. The van der Waals surface area contributed by atoms with Crippen molar-refractivity contribution in [3.63, 3.8) is 0 Å². The molecule has 1 saturated carbocycles. The molecule has 1 aromatic rings. The van der Waals surface area contributed by atoms with Crippen LogP contribution in [0.3, 0.4) is 0 Å². The number of nitrogens with one attached hydrogen (secondary N) is 1. The largest absolute Gasteiger partial charge is 0.477 e. The smallest absolute Gasteiger partial charge is 0.218 e. The zero-order valence-electron chi connectivity index (χ0n) is 10.8. The lowest BCUT2D eigenvalue weighted by atomic mass is 10.1. The highest BCUT2D eigenvalue weighted by Crippen LogP contribution is 2.27. The Bertz CT molecular complexity index is 348. The Balaban J connectivity index is 1.98. The Labute approximate surface area is 104 Å². The first-order valence-corrected chi connectivity index (χ1v) is 6.56. The Morgan fingerprint density at radius 3 is 2.94 bits per heavy atom. The van der Waals surface area contributed by atoms with Gasteiger partial charge in [-0.25, -0.2) is 4.98 Å². The van der Waals surface area contributed by atoms with E-state index in [-0.39, 0.29) is 6.04 Å². The van der Waals surface area contributed by atoms with Gasteiger partial charge < -0.3 is 10.1 Å². The lowest BCUT2D eigenvalue weighted by Gasteiger charge is -2.17. The van der Waals surface area contributed by atoms with Gasteiger partial charge in [-0.2, -0.15) is 0 Å².